The lowest BCUT2D eigenvalue weighted by atomic mass is 9.85. The van der Waals surface area contributed by atoms with Gasteiger partial charge in [-0.25, -0.2) is 0 Å². The highest BCUT2D eigenvalue weighted by Crippen LogP contribution is 2.28. The van der Waals surface area contributed by atoms with Gasteiger partial charge in [0.2, 0.25) is 0 Å². The van der Waals surface area contributed by atoms with Gasteiger partial charge in [-0.1, -0.05) is 0 Å². The predicted octanol–water partition coefficient (Wildman–Crippen LogP) is 2.23. The SMILES string of the molecule is C1CC(CC2CCOCC2)CCO1. The molecule has 0 N–H and O–H groups in total. The molecule has 0 unspecified atom stereocenters. The van der Waals surface area contributed by atoms with E-state index in [0.29, 0.717) is 0 Å². The predicted molar refractivity (Wildman–Crippen MR) is 51.7 cm³/mol. The molecule has 2 aliphatic heterocycles. The van der Waals surface area contributed by atoms with E-state index in [1.807, 2.05) is 0 Å². The highest BCUT2D eigenvalue weighted by atomic mass is 16.5. The molecule has 0 aromatic carbocycles. The highest BCUT2D eigenvalue weighted by molar-refractivity contribution is 4.71. The molecular weight excluding hydrogens is 164 g/mol. The summed E-state index contributed by atoms with van der Waals surface area (Å²) in [5, 5.41) is 0. The minimum absolute atomic E-state index is 0.942. The molecule has 2 heteroatoms. The Hall–Kier alpha value is -0.0800. The molecule has 0 aromatic rings. The first kappa shape index (κ1) is 9.47. The molecule has 13 heavy (non-hydrogen) atoms. The minimum atomic E-state index is 0.942. The van der Waals surface area contributed by atoms with E-state index in [9.17, 15) is 0 Å². The van der Waals surface area contributed by atoms with Gasteiger partial charge in [-0.05, 0) is 43.9 Å². The summed E-state index contributed by atoms with van der Waals surface area (Å²) in [7, 11) is 0. The fourth-order valence-electron chi connectivity index (χ4n) is 2.44. The third-order valence-corrected chi connectivity index (χ3v) is 3.35. The molecule has 2 rings (SSSR count). The zero-order valence-electron chi connectivity index (χ0n) is 8.34. The monoisotopic (exact) mass is 184 g/mol. The van der Waals surface area contributed by atoms with E-state index >= 15 is 0 Å². The van der Waals surface area contributed by atoms with Crippen molar-refractivity contribution in [1.82, 2.24) is 0 Å². The van der Waals surface area contributed by atoms with Gasteiger partial charge >= 0.3 is 0 Å². The van der Waals surface area contributed by atoms with Gasteiger partial charge in [0.05, 0.1) is 0 Å². The second-order valence-electron chi connectivity index (χ2n) is 4.35. The lowest BCUT2D eigenvalue weighted by Crippen LogP contribution is -2.22. The van der Waals surface area contributed by atoms with Crippen molar-refractivity contribution in [2.75, 3.05) is 26.4 Å². The standard InChI is InChI=1S/C11H20O2/c1-5-12-6-2-10(1)9-11-3-7-13-8-4-11/h10-11H,1-9H2. The Bertz CT molecular complexity index is 119. The van der Waals surface area contributed by atoms with Gasteiger partial charge in [0, 0.05) is 26.4 Å². The molecule has 76 valence electrons. The quantitative estimate of drug-likeness (QED) is 0.655. The van der Waals surface area contributed by atoms with Crippen LogP contribution in [0, 0.1) is 11.8 Å². The van der Waals surface area contributed by atoms with E-state index in [-0.39, 0.29) is 0 Å². The van der Waals surface area contributed by atoms with Crippen LogP contribution in [0.4, 0.5) is 0 Å². The van der Waals surface area contributed by atoms with Crippen molar-refractivity contribution in [2.45, 2.75) is 32.1 Å². The van der Waals surface area contributed by atoms with Crippen LogP contribution in [-0.4, -0.2) is 26.4 Å². The summed E-state index contributed by atoms with van der Waals surface area (Å²) in [5.74, 6) is 1.88. The fourth-order valence-corrected chi connectivity index (χ4v) is 2.44. The average molecular weight is 184 g/mol. The summed E-state index contributed by atoms with van der Waals surface area (Å²) in [6.45, 7) is 3.98. The van der Waals surface area contributed by atoms with Crippen molar-refractivity contribution in [1.29, 1.82) is 0 Å². The molecule has 0 spiro atoms. The number of hydrogen-bond donors (Lipinski definition) is 0. The van der Waals surface area contributed by atoms with E-state index in [2.05, 4.69) is 0 Å². The average Bonchev–Trinajstić information content (AvgIpc) is 2.21. The van der Waals surface area contributed by atoms with Crippen LogP contribution >= 0.6 is 0 Å². The van der Waals surface area contributed by atoms with E-state index in [1.165, 1.54) is 32.1 Å². The molecule has 2 aliphatic rings. The van der Waals surface area contributed by atoms with E-state index in [1.54, 1.807) is 0 Å². The summed E-state index contributed by atoms with van der Waals surface area (Å²) in [5.41, 5.74) is 0. The second kappa shape index (κ2) is 4.97. The topological polar surface area (TPSA) is 18.5 Å². The van der Waals surface area contributed by atoms with Gasteiger partial charge in [-0.3, -0.25) is 0 Å². The maximum atomic E-state index is 5.36. The van der Waals surface area contributed by atoms with Gasteiger partial charge in [-0.15, -0.1) is 0 Å². The van der Waals surface area contributed by atoms with Crippen LogP contribution in [0.25, 0.3) is 0 Å². The van der Waals surface area contributed by atoms with Gasteiger partial charge in [0.1, 0.15) is 0 Å². The molecule has 0 aliphatic carbocycles. The molecule has 0 radical (unpaired) electrons. The molecule has 0 atom stereocenters. The molecule has 0 amide bonds. The zero-order valence-corrected chi connectivity index (χ0v) is 8.34. The van der Waals surface area contributed by atoms with Crippen molar-refractivity contribution >= 4 is 0 Å². The van der Waals surface area contributed by atoms with Crippen LogP contribution in [0.1, 0.15) is 32.1 Å². The first-order chi connectivity index (χ1) is 6.45. The largest absolute Gasteiger partial charge is 0.381 e. The van der Waals surface area contributed by atoms with Crippen molar-refractivity contribution in [3.05, 3.63) is 0 Å². The third-order valence-electron chi connectivity index (χ3n) is 3.35. The molecule has 2 fully saturated rings. The summed E-state index contributed by atoms with van der Waals surface area (Å²) in [6, 6.07) is 0. The molecule has 2 nitrogen and oxygen atoms in total. The molecule has 0 aromatic heterocycles. The Balaban J connectivity index is 1.69. The fraction of sp³-hybridized carbons (Fsp3) is 1.00. The lowest BCUT2D eigenvalue weighted by molar-refractivity contribution is 0.0327. The van der Waals surface area contributed by atoms with Gasteiger partial charge in [0.15, 0.2) is 0 Å². The van der Waals surface area contributed by atoms with Crippen LogP contribution in [0.2, 0.25) is 0 Å². The van der Waals surface area contributed by atoms with Crippen molar-refractivity contribution < 1.29 is 9.47 Å². The lowest BCUT2D eigenvalue weighted by Gasteiger charge is -2.28. The van der Waals surface area contributed by atoms with E-state index in [0.717, 1.165) is 38.3 Å². The smallest absolute Gasteiger partial charge is 0.0468 e. The van der Waals surface area contributed by atoms with Crippen molar-refractivity contribution in [3.63, 3.8) is 0 Å². The Kier molecular flexibility index (Phi) is 3.62. The van der Waals surface area contributed by atoms with Crippen molar-refractivity contribution in [2.24, 2.45) is 11.8 Å². The summed E-state index contributed by atoms with van der Waals surface area (Å²) in [6.07, 6.45) is 6.58. The van der Waals surface area contributed by atoms with Crippen LogP contribution in [-0.2, 0) is 9.47 Å². The number of hydrogen-bond acceptors (Lipinski definition) is 2. The normalized spacial score (nSPS) is 27.7. The van der Waals surface area contributed by atoms with E-state index < -0.39 is 0 Å². The Morgan fingerprint density at radius 1 is 0.692 bits per heavy atom. The van der Waals surface area contributed by atoms with Crippen LogP contribution in [0.15, 0.2) is 0 Å². The number of rotatable bonds is 2. The van der Waals surface area contributed by atoms with Crippen LogP contribution in [0.5, 0.6) is 0 Å². The Morgan fingerprint density at radius 2 is 1.08 bits per heavy atom. The summed E-state index contributed by atoms with van der Waals surface area (Å²) in [4.78, 5) is 0. The third kappa shape index (κ3) is 2.96. The summed E-state index contributed by atoms with van der Waals surface area (Å²) >= 11 is 0. The van der Waals surface area contributed by atoms with Gasteiger partial charge in [0.25, 0.3) is 0 Å². The molecule has 2 heterocycles. The molecule has 0 bridgehead atoms. The van der Waals surface area contributed by atoms with Crippen LogP contribution < -0.4 is 0 Å². The maximum Gasteiger partial charge on any atom is 0.0468 e. The first-order valence-corrected chi connectivity index (χ1v) is 5.60. The van der Waals surface area contributed by atoms with Gasteiger partial charge in [-0.2, -0.15) is 0 Å². The molecule has 0 saturated carbocycles. The van der Waals surface area contributed by atoms with Crippen molar-refractivity contribution in [3.8, 4) is 0 Å². The maximum absolute atomic E-state index is 5.36. The minimum Gasteiger partial charge on any atom is -0.381 e. The Morgan fingerprint density at radius 3 is 1.46 bits per heavy atom. The summed E-state index contributed by atoms with van der Waals surface area (Å²) < 4.78 is 10.7. The first-order valence-electron chi connectivity index (χ1n) is 5.60. The highest BCUT2D eigenvalue weighted by Gasteiger charge is 2.20. The van der Waals surface area contributed by atoms with E-state index in [4.69, 9.17) is 9.47 Å². The number of ether oxygens (including phenoxy) is 2. The second-order valence-corrected chi connectivity index (χ2v) is 4.35. The molecular formula is C11H20O2. The zero-order chi connectivity index (χ0) is 8.93. The van der Waals surface area contributed by atoms with Gasteiger partial charge < -0.3 is 9.47 Å². The Labute approximate surface area is 80.6 Å². The van der Waals surface area contributed by atoms with Crippen LogP contribution in [0.3, 0.4) is 0 Å². The molecule has 2 saturated heterocycles.